The van der Waals surface area contributed by atoms with E-state index in [1.165, 1.54) is 43.8 Å². The number of fused-ring (bicyclic) bond motifs is 6. The van der Waals surface area contributed by atoms with Crippen LogP contribution in [0.2, 0.25) is 0 Å². The molecule has 1 aliphatic rings. The van der Waals surface area contributed by atoms with Gasteiger partial charge in [-0.2, -0.15) is 0 Å². The monoisotopic (exact) mass is 805 g/mol. The fraction of sp³-hybridized carbons (Fsp3) is 0.153. The molecule has 0 amide bonds. The van der Waals surface area contributed by atoms with Crippen LogP contribution in [0.3, 0.4) is 0 Å². The highest BCUT2D eigenvalue weighted by molar-refractivity contribution is 6.19. The van der Waals surface area contributed by atoms with Crippen LogP contribution in [0.15, 0.2) is 195 Å². The molecule has 5 aromatic carbocycles. The summed E-state index contributed by atoms with van der Waals surface area (Å²) in [5, 5.41) is 11.0. The number of anilines is 1. The van der Waals surface area contributed by atoms with Crippen LogP contribution < -0.4 is 5.32 Å². The Balaban J connectivity index is 1.09. The summed E-state index contributed by atoms with van der Waals surface area (Å²) in [5.74, 6) is 0. The van der Waals surface area contributed by atoms with Crippen molar-refractivity contribution in [2.24, 2.45) is 0 Å². The molecule has 2 aromatic heterocycles. The highest BCUT2D eigenvalue weighted by atomic mass is 14.9. The summed E-state index contributed by atoms with van der Waals surface area (Å²) in [5.41, 5.74) is 13.9. The third-order valence-corrected chi connectivity index (χ3v) is 11.7. The Morgan fingerprint density at radius 3 is 2.15 bits per heavy atom. The number of aromatic nitrogens is 2. The van der Waals surface area contributed by atoms with Crippen molar-refractivity contribution in [3.8, 4) is 0 Å². The molecule has 0 unspecified atom stereocenters. The number of nitrogens with zero attached hydrogens (tertiary/aromatic N) is 2. The SMILES string of the molecule is C=CC/C=C(\C=C/C)c1c(NCc2ccc(C(=C)\C=C/C(=C(C)/C=C\CCC)c3ccc4ccc5ccc(C6=CCCC=C6)nc5c4n3)cc2)c2ccccc2c2ccccc12. The number of benzene rings is 5. The number of unbranched alkanes of at least 4 members (excludes halogenated alkanes) is 1. The van der Waals surface area contributed by atoms with Gasteiger partial charge >= 0.3 is 0 Å². The molecule has 0 saturated heterocycles. The van der Waals surface area contributed by atoms with E-state index in [0.717, 1.165) is 93.3 Å². The molecule has 3 heteroatoms. The molecular formula is C59H55N3. The van der Waals surface area contributed by atoms with E-state index < -0.39 is 0 Å². The first-order chi connectivity index (χ1) is 30.5. The first kappa shape index (κ1) is 41.6. The van der Waals surface area contributed by atoms with Gasteiger partial charge in [0.05, 0.1) is 28.1 Å². The van der Waals surface area contributed by atoms with Crippen LogP contribution in [0, 0.1) is 0 Å². The molecule has 8 rings (SSSR count). The van der Waals surface area contributed by atoms with Gasteiger partial charge in [-0.15, -0.1) is 6.58 Å². The van der Waals surface area contributed by atoms with E-state index in [9.17, 15) is 0 Å². The molecule has 7 aromatic rings. The summed E-state index contributed by atoms with van der Waals surface area (Å²) in [4.78, 5) is 10.5. The van der Waals surface area contributed by atoms with E-state index in [2.05, 4.69) is 209 Å². The van der Waals surface area contributed by atoms with Gasteiger partial charge in [0, 0.05) is 33.8 Å². The minimum atomic E-state index is 0.672. The minimum absolute atomic E-state index is 0.672. The molecule has 0 radical (unpaired) electrons. The average molecular weight is 806 g/mol. The summed E-state index contributed by atoms with van der Waals surface area (Å²) in [6.07, 6.45) is 29.1. The summed E-state index contributed by atoms with van der Waals surface area (Å²) in [6, 6.07) is 39.1. The Bertz CT molecular complexity index is 3030. The molecule has 0 bridgehead atoms. The van der Waals surface area contributed by atoms with Crippen LogP contribution in [0.4, 0.5) is 5.69 Å². The van der Waals surface area contributed by atoms with E-state index in [1.54, 1.807) is 0 Å². The van der Waals surface area contributed by atoms with E-state index in [0.29, 0.717) is 6.54 Å². The van der Waals surface area contributed by atoms with Gasteiger partial charge in [-0.1, -0.05) is 184 Å². The van der Waals surface area contributed by atoms with Gasteiger partial charge in [-0.05, 0) is 101 Å². The maximum absolute atomic E-state index is 5.33. The van der Waals surface area contributed by atoms with Gasteiger partial charge in [0.25, 0.3) is 0 Å². The second kappa shape index (κ2) is 19.5. The standard InChI is InChI=1S/C59H55N3/c1-6-9-12-20-42(5)49(55-39-36-48-34-33-47-35-38-54(45-22-13-11-14-23-45)61-57(47)58(48)62-55)37-28-41(4)44-31-29-43(30-32-44)40-60-59-53-27-18-16-25-51(53)50-24-15-17-26-52(50)56(59)46(19-8-3)21-10-7-2/h7-8,12-13,15-39,60H,2,4,6,9-11,14,40H2,1,3,5H3/b19-8-,20-12-,37-28-,46-21+,49-42-. The van der Waals surface area contributed by atoms with Gasteiger partial charge in [-0.3, -0.25) is 0 Å². The fourth-order valence-corrected chi connectivity index (χ4v) is 8.39. The van der Waals surface area contributed by atoms with Crippen molar-refractivity contribution >= 4 is 71.3 Å². The zero-order valence-corrected chi connectivity index (χ0v) is 36.3. The third kappa shape index (κ3) is 8.99. The highest BCUT2D eigenvalue weighted by Crippen LogP contribution is 2.41. The molecule has 0 atom stereocenters. The van der Waals surface area contributed by atoms with Crippen molar-refractivity contribution in [2.45, 2.75) is 59.4 Å². The van der Waals surface area contributed by atoms with Crippen LogP contribution in [-0.2, 0) is 6.54 Å². The second-order valence-electron chi connectivity index (χ2n) is 16.0. The number of nitrogens with one attached hydrogen (secondary N) is 1. The van der Waals surface area contributed by atoms with Gasteiger partial charge < -0.3 is 5.32 Å². The average Bonchev–Trinajstić information content (AvgIpc) is 3.32. The smallest absolute Gasteiger partial charge is 0.0972 e. The topological polar surface area (TPSA) is 37.8 Å². The van der Waals surface area contributed by atoms with Crippen molar-refractivity contribution in [1.82, 2.24) is 9.97 Å². The van der Waals surface area contributed by atoms with E-state index in [-0.39, 0.29) is 0 Å². The molecule has 306 valence electrons. The number of hydrogen-bond donors (Lipinski definition) is 1. The zero-order chi connectivity index (χ0) is 42.8. The van der Waals surface area contributed by atoms with Crippen LogP contribution in [0.25, 0.3) is 65.6 Å². The maximum Gasteiger partial charge on any atom is 0.0972 e. The number of hydrogen-bond acceptors (Lipinski definition) is 3. The molecule has 62 heavy (non-hydrogen) atoms. The molecule has 0 spiro atoms. The molecule has 1 aliphatic carbocycles. The van der Waals surface area contributed by atoms with Crippen molar-refractivity contribution in [3.05, 3.63) is 223 Å². The van der Waals surface area contributed by atoms with Crippen molar-refractivity contribution in [2.75, 3.05) is 5.32 Å². The molecule has 0 fully saturated rings. The van der Waals surface area contributed by atoms with E-state index >= 15 is 0 Å². The normalized spacial score (nSPS) is 13.9. The predicted molar refractivity (Wildman–Crippen MR) is 271 cm³/mol. The Kier molecular flexibility index (Phi) is 13.1. The third-order valence-electron chi connectivity index (χ3n) is 11.7. The molecule has 0 aliphatic heterocycles. The Morgan fingerprint density at radius 1 is 0.742 bits per heavy atom. The van der Waals surface area contributed by atoms with Gasteiger partial charge in [0.2, 0.25) is 0 Å². The molecular weight excluding hydrogens is 751 g/mol. The molecule has 1 N–H and O–H groups in total. The van der Waals surface area contributed by atoms with Crippen molar-refractivity contribution < 1.29 is 0 Å². The Hall–Kier alpha value is -7.10. The molecule has 3 nitrogen and oxygen atoms in total. The number of pyridine rings is 2. The lowest BCUT2D eigenvalue weighted by Crippen LogP contribution is -2.04. The van der Waals surface area contributed by atoms with Gasteiger partial charge in [0.1, 0.15) is 0 Å². The van der Waals surface area contributed by atoms with Crippen LogP contribution >= 0.6 is 0 Å². The summed E-state index contributed by atoms with van der Waals surface area (Å²) in [6.45, 7) is 15.7. The van der Waals surface area contributed by atoms with Crippen LogP contribution in [0.5, 0.6) is 0 Å². The predicted octanol–water partition coefficient (Wildman–Crippen LogP) is 16.4. The lowest BCUT2D eigenvalue weighted by atomic mass is 9.90. The fourth-order valence-electron chi connectivity index (χ4n) is 8.39. The summed E-state index contributed by atoms with van der Waals surface area (Å²) < 4.78 is 0. The zero-order valence-electron chi connectivity index (χ0n) is 36.3. The van der Waals surface area contributed by atoms with E-state index in [1.807, 2.05) is 6.08 Å². The largest absolute Gasteiger partial charge is 0.380 e. The van der Waals surface area contributed by atoms with E-state index in [4.69, 9.17) is 9.97 Å². The van der Waals surface area contributed by atoms with Crippen LogP contribution in [-0.4, -0.2) is 9.97 Å². The highest BCUT2D eigenvalue weighted by Gasteiger charge is 2.17. The Labute approximate surface area is 367 Å². The van der Waals surface area contributed by atoms with Gasteiger partial charge in [0.15, 0.2) is 0 Å². The van der Waals surface area contributed by atoms with Crippen molar-refractivity contribution in [3.63, 3.8) is 0 Å². The van der Waals surface area contributed by atoms with Crippen molar-refractivity contribution in [1.29, 1.82) is 0 Å². The minimum Gasteiger partial charge on any atom is -0.380 e. The lowest BCUT2D eigenvalue weighted by Gasteiger charge is -2.20. The molecule has 2 heterocycles. The number of allylic oxidation sites excluding steroid dienone is 16. The van der Waals surface area contributed by atoms with Crippen LogP contribution in [0.1, 0.15) is 81.0 Å². The van der Waals surface area contributed by atoms with Gasteiger partial charge in [-0.25, -0.2) is 9.97 Å². The summed E-state index contributed by atoms with van der Waals surface area (Å²) in [7, 11) is 0. The Morgan fingerprint density at radius 2 is 1.44 bits per heavy atom. The molecule has 0 saturated carbocycles. The quantitative estimate of drug-likeness (QED) is 0.0637. The maximum atomic E-state index is 5.33. The lowest BCUT2D eigenvalue weighted by molar-refractivity contribution is 0.957. The first-order valence-electron chi connectivity index (χ1n) is 22.0. The second-order valence-corrected chi connectivity index (χ2v) is 16.0. The summed E-state index contributed by atoms with van der Waals surface area (Å²) >= 11 is 0. The first-order valence-corrected chi connectivity index (χ1v) is 22.0. The number of rotatable bonds is 15.